The number of sulfonamides is 1. The monoisotopic (exact) mass is 590 g/mol. The molecule has 2 aromatic carbocycles. The van der Waals surface area contributed by atoms with Gasteiger partial charge in [0.15, 0.2) is 5.78 Å². The van der Waals surface area contributed by atoms with Gasteiger partial charge < -0.3 is 9.32 Å². The van der Waals surface area contributed by atoms with Crippen LogP contribution in [0.3, 0.4) is 0 Å². The molecule has 0 amide bonds. The van der Waals surface area contributed by atoms with Gasteiger partial charge in [0.1, 0.15) is 11.4 Å². The van der Waals surface area contributed by atoms with Crippen LogP contribution < -0.4 is 4.90 Å². The molecule has 1 atom stereocenters. The first-order valence-electron chi connectivity index (χ1n) is 12.8. The zero-order valence-corrected chi connectivity index (χ0v) is 23.0. The summed E-state index contributed by atoms with van der Waals surface area (Å²) in [7, 11) is -0.721. The molecule has 2 aromatic heterocycles. The largest absolute Gasteiger partial charge is 0.443 e. The van der Waals surface area contributed by atoms with Crippen LogP contribution in [0.5, 0.6) is 0 Å². The number of carbonyl (C=O) groups excluding carboxylic acids is 1. The summed E-state index contributed by atoms with van der Waals surface area (Å²) < 4.78 is 85.9. The van der Waals surface area contributed by atoms with Gasteiger partial charge in [0, 0.05) is 49.8 Å². The number of anilines is 1. The van der Waals surface area contributed by atoms with Crippen molar-refractivity contribution in [2.24, 2.45) is 0 Å². The number of halogens is 4. The molecule has 3 heterocycles. The van der Waals surface area contributed by atoms with Gasteiger partial charge >= 0.3 is 6.18 Å². The van der Waals surface area contributed by atoms with E-state index in [2.05, 4.69) is 9.97 Å². The van der Waals surface area contributed by atoms with Crippen LogP contribution in [0.4, 0.5) is 23.5 Å². The highest BCUT2D eigenvalue weighted by Gasteiger charge is 2.40. The van der Waals surface area contributed by atoms with Crippen molar-refractivity contribution in [3.63, 3.8) is 0 Å². The first-order chi connectivity index (χ1) is 19.3. The maximum absolute atomic E-state index is 13.6. The van der Waals surface area contributed by atoms with Crippen LogP contribution in [0.15, 0.2) is 64.1 Å². The molecule has 0 saturated carbocycles. The van der Waals surface area contributed by atoms with Gasteiger partial charge in [-0.2, -0.15) is 17.5 Å². The second-order valence-electron chi connectivity index (χ2n) is 10.0. The Morgan fingerprint density at radius 2 is 1.80 bits per heavy atom. The highest BCUT2D eigenvalue weighted by atomic mass is 32.2. The van der Waals surface area contributed by atoms with Gasteiger partial charge in [-0.1, -0.05) is 12.1 Å². The number of ketones is 1. The summed E-state index contributed by atoms with van der Waals surface area (Å²) in [5, 5.41) is -0.0552. The van der Waals surface area contributed by atoms with E-state index in [-0.39, 0.29) is 35.8 Å². The average Bonchev–Trinajstić information content (AvgIpc) is 3.59. The van der Waals surface area contributed by atoms with Crippen molar-refractivity contribution >= 4 is 32.7 Å². The molecule has 0 radical (unpaired) electrons. The molecule has 0 unspecified atom stereocenters. The summed E-state index contributed by atoms with van der Waals surface area (Å²) in [6, 6.07) is 10.3. The molecular weight excluding hydrogens is 564 g/mol. The van der Waals surface area contributed by atoms with E-state index in [0.717, 1.165) is 16.4 Å². The SMILES string of the molecule is CN(C)c1nc(CCC(=O)[C@@H]2CCCN2S(=O)(=O)c2cc3cc(F)ccc3o2)cc(-c2ccc(C(F)(F)F)cc2)n1. The van der Waals surface area contributed by atoms with E-state index < -0.39 is 33.6 Å². The number of Topliss-reactive ketones (excluding diaryl/α,β-unsaturated/α-hetero) is 1. The molecular formula is C28H26F4N4O4S. The molecule has 1 fully saturated rings. The molecule has 216 valence electrons. The Hall–Kier alpha value is -3.84. The first kappa shape index (κ1) is 28.7. The molecule has 41 heavy (non-hydrogen) atoms. The molecule has 0 spiro atoms. The molecule has 0 bridgehead atoms. The lowest BCUT2D eigenvalue weighted by Gasteiger charge is -2.22. The van der Waals surface area contributed by atoms with E-state index in [4.69, 9.17) is 4.42 Å². The molecule has 0 aliphatic carbocycles. The summed E-state index contributed by atoms with van der Waals surface area (Å²) in [6.45, 7) is 0.139. The van der Waals surface area contributed by atoms with Crippen molar-refractivity contribution in [2.75, 3.05) is 25.5 Å². The molecule has 1 saturated heterocycles. The van der Waals surface area contributed by atoms with E-state index in [0.29, 0.717) is 41.1 Å². The number of aromatic nitrogens is 2. The number of rotatable bonds is 8. The van der Waals surface area contributed by atoms with Crippen molar-refractivity contribution in [1.29, 1.82) is 0 Å². The van der Waals surface area contributed by atoms with Crippen LogP contribution in [0.1, 0.15) is 30.5 Å². The Kier molecular flexibility index (Phi) is 7.60. The van der Waals surface area contributed by atoms with Crippen LogP contribution >= 0.6 is 0 Å². The Labute approximate surface area is 233 Å². The van der Waals surface area contributed by atoms with Gasteiger partial charge in [-0.3, -0.25) is 4.79 Å². The molecule has 13 heteroatoms. The standard InChI is InChI=1S/C28H26F4N4O4S/c1-35(2)27-33-21(16-22(34-27)17-5-7-19(8-6-17)28(30,31)32)10-11-24(37)23-4-3-13-36(23)41(38,39)26-15-18-14-20(29)9-12-25(18)40-26/h5-9,12,14-16,23H,3-4,10-11,13H2,1-2H3/t23-/m0/s1. The van der Waals surface area contributed by atoms with Crippen LogP contribution in [-0.4, -0.2) is 55.2 Å². The Balaban J connectivity index is 1.34. The zero-order chi connectivity index (χ0) is 29.5. The third kappa shape index (κ3) is 5.96. The van der Waals surface area contributed by atoms with Crippen LogP contribution in [-0.2, 0) is 27.4 Å². The molecule has 4 aromatic rings. The summed E-state index contributed by atoms with van der Waals surface area (Å²) >= 11 is 0. The summed E-state index contributed by atoms with van der Waals surface area (Å²) in [4.78, 5) is 23.8. The smallest absolute Gasteiger partial charge is 0.416 e. The minimum absolute atomic E-state index is 0.0155. The lowest BCUT2D eigenvalue weighted by Crippen LogP contribution is -2.40. The van der Waals surface area contributed by atoms with E-state index in [1.807, 2.05) is 0 Å². The Bertz CT molecular complexity index is 1700. The molecule has 8 nitrogen and oxygen atoms in total. The molecule has 0 N–H and O–H groups in total. The van der Waals surface area contributed by atoms with E-state index in [1.54, 1.807) is 25.1 Å². The highest BCUT2D eigenvalue weighted by molar-refractivity contribution is 7.89. The van der Waals surface area contributed by atoms with Crippen molar-refractivity contribution in [3.8, 4) is 11.3 Å². The number of fused-ring (bicyclic) bond motifs is 1. The molecule has 5 rings (SSSR count). The van der Waals surface area contributed by atoms with Crippen molar-refractivity contribution in [1.82, 2.24) is 14.3 Å². The minimum atomic E-state index is -4.46. The maximum Gasteiger partial charge on any atom is 0.416 e. The van der Waals surface area contributed by atoms with Gasteiger partial charge in [-0.15, -0.1) is 0 Å². The zero-order valence-electron chi connectivity index (χ0n) is 22.2. The van der Waals surface area contributed by atoms with Crippen molar-refractivity contribution < 1.29 is 35.2 Å². The lowest BCUT2D eigenvalue weighted by atomic mass is 10.0. The second kappa shape index (κ2) is 10.9. The third-order valence-electron chi connectivity index (χ3n) is 6.90. The molecule has 1 aliphatic rings. The summed E-state index contributed by atoms with van der Waals surface area (Å²) in [5.41, 5.74) is 0.774. The molecule has 1 aliphatic heterocycles. The fourth-order valence-electron chi connectivity index (χ4n) is 4.79. The number of nitrogens with zero attached hydrogens (tertiary/aromatic N) is 4. The van der Waals surface area contributed by atoms with Crippen LogP contribution in [0.25, 0.3) is 22.2 Å². The van der Waals surface area contributed by atoms with Crippen LogP contribution in [0.2, 0.25) is 0 Å². The van der Waals surface area contributed by atoms with E-state index in [9.17, 15) is 30.8 Å². The Morgan fingerprint density at radius 3 is 2.49 bits per heavy atom. The van der Waals surface area contributed by atoms with Crippen LogP contribution in [0, 0.1) is 5.82 Å². The third-order valence-corrected chi connectivity index (χ3v) is 8.66. The highest BCUT2D eigenvalue weighted by Crippen LogP contribution is 2.33. The average molecular weight is 591 g/mol. The predicted molar refractivity (Wildman–Crippen MR) is 143 cm³/mol. The maximum atomic E-state index is 13.6. The summed E-state index contributed by atoms with van der Waals surface area (Å²) in [6.07, 6.45) is -3.48. The number of benzene rings is 2. The fraction of sp³-hybridized carbons (Fsp3) is 0.321. The number of hydrogen-bond acceptors (Lipinski definition) is 7. The number of aryl methyl sites for hydroxylation is 1. The number of alkyl halides is 3. The van der Waals surface area contributed by atoms with Gasteiger partial charge in [-0.05, 0) is 55.7 Å². The number of hydrogen-bond donors (Lipinski definition) is 0. The van der Waals surface area contributed by atoms with Crippen molar-refractivity contribution in [2.45, 2.75) is 43.0 Å². The number of carbonyl (C=O) groups is 1. The topological polar surface area (TPSA) is 96.6 Å². The van der Waals surface area contributed by atoms with Crippen molar-refractivity contribution in [3.05, 3.63) is 71.7 Å². The second-order valence-corrected chi connectivity index (χ2v) is 11.8. The van der Waals surface area contributed by atoms with Gasteiger partial charge in [0.2, 0.25) is 11.0 Å². The number of furan rings is 1. The minimum Gasteiger partial charge on any atom is -0.443 e. The fourth-order valence-corrected chi connectivity index (χ4v) is 6.42. The van der Waals surface area contributed by atoms with E-state index >= 15 is 0 Å². The first-order valence-corrected chi connectivity index (χ1v) is 14.2. The quantitative estimate of drug-likeness (QED) is 0.251. The van der Waals surface area contributed by atoms with Gasteiger partial charge in [-0.25, -0.2) is 22.8 Å². The summed E-state index contributed by atoms with van der Waals surface area (Å²) in [5.74, 6) is -0.509. The van der Waals surface area contributed by atoms with Gasteiger partial charge in [0.25, 0.3) is 10.0 Å². The normalized spacial score (nSPS) is 16.4. The lowest BCUT2D eigenvalue weighted by molar-refractivity contribution is -0.137. The Morgan fingerprint density at radius 1 is 1.07 bits per heavy atom. The van der Waals surface area contributed by atoms with E-state index in [1.165, 1.54) is 36.4 Å². The predicted octanol–water partition coefficient (Wildman–Crippen LogP) is 5.47. The van der Waals surface area contributed by atoms with Gasteiger partial charge in [0.05, 0.1) is 17.3 Å².